The number of aliphatic imine (C=N–C) groups is 1. The lowest BCUT2D eigenvalue weighted by Crippen LogP contribution is -2.09. The second kappa shape index (κ2) is 9.36. The number of fused-ring (bicyclic) bond motifs is 3. The van der Waals surface area contributed by atoms with Gasteiger partial charge in [0.15, 0.2) is 0 Å². The van der Waals surface area contributed by atoms with Crippen LogP contribution in [-0.2, 0) is 16.1 Å². The Labute approximate surface area is 181 Å². The van der Waals surface area contributed by atoms with Gasteiger partial charge in [-0.05, 0) is 37.3 Å². The van der Waals surface area contributed by atoms with Crippen LogP contribution in [-0.4, -0.2) is 37.4 Å². The summed E-state index contributed by atoms with van der Waals surface area (Å²) in [7, 11) is 0. The quantitative estimate of drug-likeness (QED) is 0.590. The van der Waals surface area contributed by atoms with Gasteiger partial charge in [-0.1, -0.05) is 23.7 Å². The molecular formula is C22H17ClFN3O4. The van der Waals surface area contributed by atoms with E-state index in [0.717, 1.165) is 22.8 Å². The van der Waals surface area contributed by atoms with E-state index in [-0.39, 0.29) is 5.82 Å². The first-order valence-electron chi connectivity index (χ1n) is 9.04. The van der Waals surface area contributed by atoms with E-state index in [1.807, 2.05) is 42.0 Å². The third kappa shape index (κ3) is 5.04. The Morgan fingerprint density at radius 3 is 2.42 bits per heavy atom. The molecule has 0 saturated heterocycles. The van der Waals surface area contributed by atoms with Crippen LogP contribution in [0.4, 0.5) is 4.39 Å². The number of carboxylic acids is 2. The van der Waals surface area contributed by atoms with Gasteiger partial charge in [-0.2, -0.15) is 0 Å². The van der Waals surface area contributed by atoms with Gasteiger partial charge >= 0.3 is 11.9 Å². The molecule has 2 aromatic carbocycles. The topological polar surface area (TPSA) is 105 Å². The summed E-state index contributed by atoms with van der Waals surface area (Å²) < 4.78 is 16.3. The van der Waals surface area contributed by atoms with Gasteiger partial charge < -0.3 is 10.2 Å². The summed E-state index contributed by atoms with van der Waals surface area (Å²) in [6.07, 6.45) is 2.92. The maximum Gasteiger partial charge on any atom is 0.328 e. The molecule has 7 nitrogen and oxygen atoms in total. The minimum atomic E-state index is -1.26. The van der Waals surface area contributed by atoms with E-state index in [0.29, 0.717) is 35.0 Å². The van der Waals surface area contributed by atoms with E-state index in [1.165, 1.54) is 6.07 Å². The fraction of sp³-hybridized carbons (Fsp3) is 0.0909. The number of hydrogen-bond donors (Lipinski definition) is 2. The van der Waals surface area contributed by atoms with Crippen molar-refractivity contribution in [3.63, 3.8) is 0 Å². The molecule has 0 fully saturated rings. The summed E-state index contributed by atoms with van der Waals surface area (Å²) in [5.74, 6) is -1.94. The highest BCUT2D eigenvalue weighted by molar-refractivity contribution is 6.31. The van der Waals surface area contributed by atoms with E-state index in [9.17, 15) is 14.0 Å². The molecule has 0 unspecified atom stereocenters. The van der Waals surface area contributed by atoms with Gasteiger partial charge in [0.2, 0.25) is 0 Å². The summed E-state index contributed by atoms with van der Waals surface area (Å²) in [6, 6.07) is 12.3. The molecule has 0 aliphatic carbocycles. The monoisotopic (exact) mass is 447 g/mol. The third-order valence-corrected chi connectivity index (χ3v) is 4.60. The average molecular weight is 448 g/mol. The van der Waals surface area contributed by atoms with Crippen molar-refractivity contribution in [1.82, 2.24) is 9.55 Å². The SMILES string of the molecule is Cc1ncc2n1-[13c]1[13cH][13cH][13c](Cl)[13cH][13c]1C(c1ccccc1F)=NC2.O=C(O)/C=C\C(=O)O. The molecule has 1 aromatic heterocycles. The Kier molecular flexibility index (Phi) is 6.61. The standard InChI is InChI=1S/C18H13ClFN3.C4H4O4/c1-11-21-9-13-10-22-18(14-4-2-3-5-16(14)20)15-8-12(19)6-7-17(15)23(11)13;5-3(6)1-2-4(7)8/h2-9H,10H2,1H3;1-2H,(H,5,6)(H,7,8)/b;2-1-/i6+1,7+1,8+1,12+1,15+1,17+1;. The van der Waals surface area contributed by atoms with Gasteiger partial charge in [-0.25, -0.2) is 19.0 Å². The molecule has 0 spiro atoms. The van der Waals surface area contributed by atoms with Gasteiger partial charge in [0.05, 0.1) is 29.8 Å². The number of rotatable bonds is 3. The van der Waals surface area contributed by atoms with Crippen molar-refractivity contribution < 1.29 is 24.2 Å². The number of aliphatic carboxylic acids is 2. The first-order valence-corrected chi connectivity index (χ1v) is 9.42. The highest BCUT2D eigenvalue weighted by Crippen LogP contribution is 2.29. The molecule has 4 rings (SSSR count). The molecule has 1 aliphatic rings. The number of benzene rings is 2. The Hall–Kier alpha value is -3.78. The zero-order chi connectivity index (χ0) is 22.5. The van der Waals surface area contributed by atoms with Crippen LogP contribution >= 0.6 is 11.6 Å². The molecule has 2 N–H and O–H groups in total. The number of nitrogens with zero attached hydrogens (tertiary/aromatic N) is 3. The molecule has 0 amide bonds. The summed E-state index contributed by atoms with van der Waals surface area (Å²) in [5, 5.41) is 16.2. The molecule has 0 bridgehead atoms. The third-order valence-electron chi connectivity index (χ3n) is 4.36. The van der Waals surface area contributed by atoms with Crippen LogP contribution < -0.4 is 0 Å². The largest absolute Gasteiger partial charge is 0.478 e. The molecule has 0 saturated carbocycles. The van der Waals surface area contributed by atoms with Crippen LogP contribution in [0, 0.1) is 12.7 Å². The predicted octanol–water partition coefficient (Wildman–Crippen LogP) is 4.04. The lowest BCUT2D eigenvalue weighted by molar-refractivity contribution is -0.134. The van der Waals surface area contributed by atoms with E-state index in [2.05, 4.69) is 9.98 Å². The lowest BCUT2D eigenvalue weighted by Gasteiger charge is -2.14. The predicted molar refractivity (Wildman–Crippen MR) is 113 cm³/mol. The molecule has 1 aliphatic heterocycles. The average Bonchev–Trinajstić information content (AvgIpc) is 3.00. The van der Waals surface area contributed by atoms with E-state index < -0.39 is 11.9 Å². The first-order chi connectivity index (χ1) is 14.8. The van der Waals surface area contributed by atoms with Crippen molar-refractivity contribution in [1.29, 1.82) is 0 Å². The minimum Gasteiger partial charge on any atom is -0.478 e. The number of carboxylic acid groups (broad SMARTS) is 2. The Morgan fingerprint density at radius 1 is 1.10 bits per heavy atom. The van der Waals surface area contributed by atoms with Crippen LogP contribution in [0.25, 0.3) is 5.69 Å². The molecule has 3 aromatic rings. The number of halogens is 2. The van der Waals surface area contributed by atoms with Crippen LogP contribution in [0.5, 0.6) is 0 Å². The summed E-state index contributed by atoms with van der Waals surface area (Å²) in [5.41, 5.74) is 3.79. The highest BCUT2D eigenvalue weighted by atomic mass is 35.5. The second-order valence-electron chi connectivity index (χ2n) is 6.45. The molecule has 0 atom stereocenters. The Balaban J connectivity index is 0.000000293. The summed E-state index contributed by atoms with van der Waals surface area (Å²) >= 11 is 6.19. The molecular weight excluding hydrogens is 431 g/mol. The fourth-order valence-corrected chi connectivity index (χ4v) is 3.27. The first kappa shape index (κ1) is 21.9. The van der Waals surface area contributed by atoms with Gasteiger partial charge in [0.25, 0.3) is 0 Å². The van der Waals surface area contributed by atoms with Crippen molar-refractivity contribution in [2.45, 2.75) is 13.5 Å². The van der Waals surface area contributed by atoms with Crippen molar-refractivity contribution in [2.75, 3.05) is 0 Å². The zero-order valence-electron chi connectivity index (χ0n) is 16.3. The number of aryl methyl sites for hydroxylation is 1. The van der Waals surface area contributed by atoms with Crippen molar-refractivity contribution >= 4 is 29.3 Å². The van der Waals surface area contributed by atoms with Crippen LogP contribution in [0.3, 0.4) is 0 Å². The summed E-state index contributed by atoms with van der Waals surface area (Å²) in [4.78, 5) is 28.1. The highest BCUT2D eigenvalue weighted by Gasteiger charge is 2.22. The van der Waals surface area contributed by atoms with Gasteiger partial charge in [-0.3, -0.25) is 9.56 Å². The van der Waals surface area contributed by atoms with Crippen molar-refractivity contribution in [3.8, 4) is 5.69 Å². The molecule has 0 radical (unpaired) electrons. The van der Waals surface area contributed by atoms with Gasteiger partial charge in [0.1, 0.15) is 11.6 Å². The van der Waals surface area contributed by atoms with E-state index >= 15 is 0 Å². The Bertz CT molecular complexity index is 1200. The van der Waals surface area contributed by atoms with Crippen LogP contribution in [0.1, 0.15) is 22.6 Å². The Morgan fingerprint density at radius 2 is 1.77 bits per heavy atom. The molecule has 31 heavy (non-hydrogen) atoms. The maximum absolute atomic E-state index is 14.3. The zero-order valence-corrected chi connectivity index (χ0v) is 17.0. The van der Waals surface area contributed by atoms with Crippen LogP contribution in [0.15, 0.2) is 65.8 Å². The van der Waals surface area contributed by atoms with E-state index in [4.69, 9.17) is 21.8 Å². The molecule has 2 heterocycles. The maximum atomic E-state index is 14.3. The second-order valence-corrected chi connectivity index (χ2v) is 6.88. The normalized spacial score (nSPS) is 12.2. The number of hydrogen-bond acceptors (Lipinski definition) is 4. The number of imidazole rings is 1. The van der Waals surface area contributed by atoms with Crippen molar-refractivity contribution in [2.24, 2.45) is 4.99 Å². The lowest BCUT2D eigenvalue weighted by atomic mass is 10.1. The van der Waals surface area contributed by atoms with Gasteiger partial charge in [0, 0.05) is 28.3 Å². The van der Waals surface area contributed by atoms with Crippen LogP contribution in [0.2, 0.25) is 5.02 Å². The molecule has 9 heteroatoms. The molecule has 158 valence electrons. The summed E-state index contributed by atoms with van der Waals surface area (Å²) in [6.45, 7) is 2.38. The number of carbonyl (C=O) groups is 2. The van der Waals surface area contributed by atoms with Gasteiger partial charge in [-0.15, -0.1) is 0 Å². The van der Waals surface area contributed by atoms with Crippen molar-refractivity contribution in [3.05, 3.63) is 94.3 Å². The number of aromatic nitrogens is 2. The van der Waals surface area contributed by atoms with E-state index in [1.54, 1.807) is 12.1 Å². The fourth-order valence-electron chi connectivity index (χ4n) is 3.10. The smallest absolute Gasteiger partial charge is 0.328 e. The minimum absolute atomic E-state index is 0.293.